The summed E-state index contributed by atoms with van der Waals surface area (Å²) in [6.45, 7) is 4.46. The highest BCUT2D eigenvalue weighted by atomic mass is 16.3. The van der Waals surface area contributed by atoms with Gasteiger partial charge in [0.25, 0.3) is 0 Å². The van der Waals surface area contributed by atoms with Gasteiger partial charge < -0.3 is 0 Å². The summed E-state index contributed by atoms with van der Waals surface area (Å²) in [5, 5.41) is 11.1. The molecule has 0 fully saturated rings. The van der Waals surface area contributed by atoms with Gasteiger partial charge in [-0.3, -0.25) is 0 Å². The first kappa shape index (κ1) is 10.1. The van der Waals surface area contributed by atoms with Crippen LogP contribution < -0.4 is 0 Å². The average Bonchev–Trinajstić information content (AvgIpc) is 1.97. The molecule has 0 bridgehead atoms. The van der Waals surface area contributed by atoms with E-state index in [0.29, 0.717) is 13.0 Å². The Hall–Kier alpha value is -0.910. The van der Waals surface area contributed by atoms with Gasteiger partial charge in [-0.25, -0.2) is 0 Å². The monoisotopic (exact) mass is 154 g/mol. The summed E-state index contributed by atoms with van der Waals surface area (Å²) < 4.78 is 0. The van der Waals surface area contributed by atoms with Crippen molar-refractivity contribution in [1.29, 1.82) is 5.26 Å². The van der Waals surface area contributed by atoms with E-state index in [-0.39, 0.29) is 5.41 Å². The molecule has 11 heavy (non-hydrogen) atoms. The second kappa shape index (κ2) is 4.84. The molecule has 0 amide bonds. The Morgan fingerprint density at radius 1 is 1.45 bits per heavy atom. The van der Waals surface area contributed by atoms with Crippen LogP contribution in [0.1, 0.15) is 33.1 Å². The maximum absolute atomic E-state index is 9.81. The predicted molar refractivity (Wildman–Crippen MR) is 43.9 cm³/mol. The molecule has 0 aromatic heterocycles. The van der Waals surface area contributed by atoms with E-state index in [0.717, 1.165) is 12.8 Å². The summed E-state index contributed by atoms with van der Waals surface area (Å²) in [5.41, 5.74) is 0.0869. The van der Waals surface area contributed by atoms with E-state index in [1.54, 1.807) is 0 Å². The van der Waals surface area contributed by atoms with Gasteiger partial charge in [-0.2, -0.15) is 10.2 Å². The van der Waals surface area contributed by atoms with Gasteiger partial charge in [0.15, 0.2) is 0 Å². The second-order valence-electron chi connectivity index (χ2n) is 3.43. The second-order valence-corrected chi connectivity index (χ2v) is 3.43. The molecule has 0 rings (SSSR count). The Morgan fingerprint density at radius 2 is 2.09 bits per heavy atom. The standard InChI is InChI=1S/C8H14N2O/c1-8(2,4-3-6-9)5-7-10-11/h3-5,7H2,1-2H3. The highest BCUT2D eigenvalue weighted by Crippen LogP contribution is 2.26. The Morgan fingerprint density at radius 3 is 2.55 bits per heavy atom. The van der Waals surface area contributed by atoms with E-state index >= 15 is 0 Å². The Balaban J connectivity index is 3.62. The third kappa shape index (κ3) is 5.53. The SMILES string of the molecule is CC(C)(CCC#N)CCN=O. The fourth-order valence-corrected chi connectivity index (χ4v) is 0.868. The number of nitrogens with zero attached hydrogens (tertiary/aromatic N) is 2. The van der Waals surface area contributed by atoms with Gasteiger partial charge in [0.2, 0.25) is 0 Å². The largest absolute Gasteiger partial charge is 0.198 e. The van der Waals surface area contributed by atoms with E-state index in [2.05, 4.69) is 25.1 Å². The van der Waals surface area contributed by atoms with Crippen molar-refractivity contribution in [3.05, 3.63) is 4.91 Å². The first-order valence-electron chi connectivity index (χ1n) is 3.78. The summed E-state index contributed by atoms with van der Waals surface area (Å²) in [7, 11) is 0. The molecule has 0 atom stereocenters. The molecule has 0 aliphatic heterocycles. The van der Waals surface area contributed by atoms with Crippen LogP contribution in [0.15, 0.2) is 5.18 Å². The van der Waals surface area contributed by atoms with Crippen LogP contribution in [0.3, 0.4) is 0 Å². The molecule has 0 spiro atoms. The van der Waals surface area contributed by atoms with Crippen LogP contribution in [0.5, 0.6) is 0 Å². The predicted octanol–water partition coefficient (Wildman–Crippen LogP) is 2.47. The third-order valence-electron chi connectivity index (χ3n) is 1.79. The van der Waals surface area contributed by atoms with E-state index < -0.39 is 0 Å². The fraction of sp³-hybridized carbons (Fsp3) is 0.875. The third-order valence-corrected chi connectivity index (χ3v) is 1.79. The van der Waals surface area contributed by atoms with Crippen LogP contribution in [0.25, 0.3) is 0 Å². The summed E-state index contributed by atoms with van der Waals surface area (Å²) in [5.74, 6) is 0. The van der Waals surface area contributed by atoms with Gasteiger partial charge in [-0.05, 0) is 18.3 Å². The fourth-order valence-electron chi connectivity index (χ4n) is 0.868. The number of nitroso groups, excluding NO2 is 1. The summed E-state index contributed by atoms with van der Waals surface area (Å²) in [6.07, 6.45) is 2.18. The van der Waals surface area contributed by atoms with Crippen LogP contribution in [-0.4, -0.2) is 6.54 Å². The minimum atomic E-state index is 0.0869. The maximum Gasteiger partial charge on any atom is 0.0816 e. The van der Waals surface area contributed by atoms with E-state index in [1.165, 1.54) is 0 Å². The lowest BCUT2D eigenvalue weighted by molar-refractivity contribution is 0.317. The molecule has 0 heterocycles. The molecule has 3 nitrogen and oxygen atoms in total. The van der Waals surface area contributed by atoms with E-state index in [9.17, 15) is 4.91 Å². The van der Waals surface area contributed by atoms with Crippen molar-refractivity contribution in [2.45, 2.75) is 33.1 Å². The zero-order valence-corrected chi connectivity index (χ0v) is 7.13. The van der Waals surface area contributed by atoms with Crippen LogP contribution in [-0.2, 0) is 0 Å². The highest BCUT2D eigenvalue weighted by molar-refractivity contribution is 4.77. The van der Waals surface area contributed by atoms with Gasteiger partial charge in [-0.1, -0.05) is 19.0 Å². The summed E-state index contributed by atoms with van der Waals surface area (Å²) in [6, 6.07) is 2.09. The van der Waals surface area contributed by atoms with E-state index in [4.69, 9.17) is 5.26 Å². The van der Waals surface area contributed by atoms with Gasteiger partial charge >= 0.3 is 0 Å². The smallest absolute Gasteiger partial charge is 0.0816 e. The quantitative estimate of drug-likeness (QED) is 0.571. The number of hydrogen-bond acceptors (Lipinski definition) is 3. The van der Waals surface area contributed by atoms with Crippen molar-refractivity contribution in [3.8, 4) is 6.07 Å². The number of hydrogen-bond donors (Lipinski definition) is 0. The Bertz CT molecular complexity index is 158. The molecule has 0 unspecified atom stereocenters. The lowest BCUT2D eigenvalue weighted by Gasteiger charge is -2.21. The first-order chi connectivity index (χ1) is 5.12. The Kier molecular flexibility index (Phi) is 4.44. The Labute approximate surface area is 67.4 Å². The summed E-state index contributed by atoms with van der Waals surface area (Å²) in [4.78, 5) is 9.81. The molecule has 0 saturated carbocycles. The normalized spacial score (nSPS) is 10.6. The van der Waals surface area contributed by atoms with Crippen molar-refractivity contribution in [3.63, 3.8) is 0 Å². The molecular formula is C8H14N2O. The zero-order valence-electron chi connectivity index (χ0n) is 7.13. The molecular weight excluding hydrogens is 140 g/mol. The van der Waals surface area contributed by atoms with Crippen LogP contribution in [0, 0.1) is 21.7 Å². The maximum atomic E-state index is 9.81. The van der Waals surface area contributed by atoms with Gasteiger partial charge in [0, 0.05) is 6.42 Å². The number of rotatable bonds is 5. The molecule has 0 aromatic rings. The summed E-state index contributed by atoms with van der Waals surface area (Å²) >= 11 is 0. The van der Waals surface area contributed by atoms with Crippen molar-refractivity contribution in [2.75, 3.05) is 6.54 Å². The minimum absolute atomic E-state index is 0.0869. The lowest BCUT2D eigenvalue weighted by Crippen LogP contribution is -2.12. The molecule has 3 heteroatoms. The molecule has 0 N–H and O–H groups in total. The van der Waals surface area contributed by atoms with Crippen LogP contribution in [0.2, 0.25) is 0 Å². The van der Waals surface area contributed by atoms with Crippen LogP contribution >= 0.6 is 0 Å². The zero-order chi connectivity index (χ0) is 8.74. The number of nitriles is 1. The highest BCUT2D eigenvalue weighted by Gasteiger charge is 2.16. The van der Waals surface area contributed by atoms with Gasteiger partial charge in [0.1, 0.15) is 0 Å². The van der Waals surface area contributed by atoms with Gasteiger partial charge in [0.05, 0.1) is 12.6 Å². The molecule has 62 valence electrons. The molecule has 0 aliphatic rings. The van der Waals surface area contributed by atoms with Crippen molar-refractivity contribution in [1.82, 2.24) is 0 Å². The van der Waals surface area contributed by atoms with Gasteiger partial charge in [-0.15, -0.1) is 0 Å². The first-order valence-corrected chi connectivity index (χ1v) is 3.78. The topological polar surface area (TPSA) is 53.2 Å². The molecule has 0 saturated heterocycles. The van der Waals surface area contributed by atoms with E-state index in [1.807, 2.05) is 0 Å². The molecule has 0 radical (unpaired) electrons. The van der Waals surface area contributed by atoms with Crippen LogP contribution in [0.4, 0.5) is 0 Å². The van der Waals surface area contributed by atoms with Crippen molar-refractivity contribution < 1.29 is 0 Å². The molecule has 0 aliphatic carbocycles. The minimum Gasteiger partial charge on any atom is -0.198 e. The van der Waals surface area contributed by atoms with Crippen molar-refractivity contribution >= 4 is 0 Å². The average molecular weight is 154 g/mol. The van der Waals surface area contributed by atoms with Crippen molar-refractivity contribution in [2.24, 2.45) is 10.6 Å². The lowest BCUT2D eigenvalue weighted by atomic mass is 9.85. The molecule has 0 aromatic carbocycles.